The Bertz CT molecular complexity index is 357. The second-order valence-corrected chi connectivity index (χ2v) is 4.80. The highest BCUT2D eigenvalue weighted by Crippen LogP contribution is 2.06. The Morgan fingerprint density at radius 2 is 1.65 bits per heavy atom. The quantitative estimate of drug-likeness (QED) is 0.375. The number of rotatable bonds is 7. The summed E-state index contributed by atoms with van der Waals surface area (Å²) in [5, 5.41) is 25.6. The van der Waals surface area contributed by atoms with Crippen molar-refractivity contribution in [1.29, 1.82) is 0 Å². The first kappa shape index (κ1) is 18.0. The van der Waals surface area contributed by atoms with E-state index in [-0.39, 0.29) is 25.7 Å². The lowest BCUT2D eigenvalue weighted by Gasteiger charge is -2.21. The molecule has 1 atom stereocenters. The van der Waals surface area contributed by atoms with Crippen LogP contribution in [0.15, 0.2) is 0 Å². The van der Waals surface area contributed by atoms with Crippen molar-refractivity contribution in [1.82, 2.24) is 20.9 Å². The molecule has 0 radical (unpaired) electrons. The first-order chi connectivity index (χ1) is 9.14. The highest BCUT2D eigenvalue weighted by molar-refractivity contribution is 5.75. The summed E-state index contributed by atoms with van der Waals surface area (Å²) >= 11 is 0. The van der Waals surface area contributed by atoms with E-state index in [0.29, 0.717) is 0 Å². The van der Waals surface area contributed by atoms with Gasteiger partial charge in [-0.2, -0.15) is 0 Å². The molecular formula is C11H22N4O5. The number of nitrogens with zero attached hydrogens (tertiary/aromatic N) is 1. The van der Waals surface area contributed by atoms with Gasteiger partial charge in [0.2, 0.25) is 0 Å². The van der Waals surface area contributed by atoms with Crippen LogP contribution in [0.25, 0.3) is 0 Å². The number of hydrogen-bond donors (Lipinski definition) is 5. The summed E-state index contributed by atoms with van der Waals surface area (Å²) in [6.45, 7) is 1.61. The van der Waals surface area contributed by atoms with Gasteiger partial charge in [0.15, 0.2) is 0 Å². The third-order valence-electron chi connectivity index (χ3n) is 2.25. The zero-order valence-corrected chi connectivity index (χ0v) is 11.9. The van der Waals surface area contributed by atoms with E-state index in [1.807, 2.05) is 0 Å². The zero-order valence-electron chi connectivity index (χ0n) is 11.9. The third-order valence-corrected chi connectivity index (χ3v) is 2.25. The van der Waals surface area contributed by atoms with Crippen molar-refractivity contribution < 1.29 is 24.6 Å². The minimum absolute atomic E-state index is 0.185. The van der Waals surface area contributed by atoms with Crippen LogP contribution in [0.5, 0.6) is 0 Å². The van der Waals surface area contributed by atoms with Gasteiger partial charge < -0.3 is 31.1 Å². The Morgan fingerprint density at radius 3 is 2.15 bits per heavy atom. The summed E-state index contributed by atoms with van der Waals surface area (Å²) < 4.78 is 0. The van der Waals surface area contributed by atoms with Crippen molar-refractivity contribution in [3.63, 3.8) is 0 Å². The molecule has 20 heavy (non-hydrogen) atoms. The maximum Gasteiger partial charge on any atom is 0.316 e. The molecule has 9 heteroatoms. The maximum atomic E-state index is 11.4. The summed E-state index contributed by atoms with van der Waals surface area (Å²) in [5.41, 5.74) is -1.51. The molecule has 4 amide bonds. The Balaban J connectivity index is 3.79. The summed E-state index contributed by atoms with van der Waals surface area (Å²) in [6, 6.07) is -0.814. The molecule has 0 aromatic heterocycles. The average molecular weight is 290 g/mol. The van der Waals surface area contributed by atoms with E-state index in [1.54, 1.807) is 14.1 Å². The number of carbonyl (C=O) groups is 3. The van der Waals surface area contributed by atoms with Gasteiger partial charge in [-0.05, 0) is 6.92 Å². The number of carboxylic acid groups (broad SMARTS) is 1. The summed E-state index contributed by atoms with van der Waals surface area (Å²) in [5.74, 6) is -1.15. The Morgan fingerprint density at radius 1 is 1.10 bits per heavy atom. The molecule has 0 aromatic rings. The van der Waals surface area contributed by atoms with E-state index in [4.69, 9.17) is 5.11 Å². The highest BCUT2D eigenvalue weighted by Gasteiger charge is 2.24. The molecule has 1 unspecified atom stereocenters. The fraction of sp³-hybridized carbons (Fsp3) is 0.727. The van der Waals surface area contributed by atoms with Gasteiger partial charge in [-0.25, -0.2) is 9.59 Å². The van der Waals surface area contributed by atoms with Crippen LogP contribution in [0.3, 0.4) is 0 Å². The first-order valence-corrected chi connectivity index (χ1v) is 6.05. The topological polar surface area (TPSA) is 131 Å². The average Bonchev–Trinajstić information content (AvgIpc) is 2.30. The lowest BCUT2D eigenvalue weighted by molar-refractivity contribution is -0.141. The van der Waals surface area contributed by atoms with Crippen LogP contribution in [0.4, 0.5) is 9.59 Å². The van der Waals surface area contributed by atoms with E-state index in [9.17, 15) is 19.5 Å². The third kappa shape index (κ3) is 8.97. The molecule has 0 saturated heterocycles. The van der Waals surface area contributed by atoms with Crippen LogP contribution in [-0.2, 0) is 4.79 Å². The molecule has 0 heterocycles. The molecule has 0 spiro atoms. The zero-order chi connectivity index (χ0) is 15.8. The van der Waals surface area contributed by atoms with Crippen LogP contribution in [0.2, 0.25) is 0 Å². The number of hydrogen-bond acceptors (Lipinski definition) is 4. The molecule has 0 aromatic carbocycles. The number of amides is 4. The first-order valence-electron chi connectivity index (χ1n) is 6.05. The van der Waals surface area contributed by atoms with Crippen molar-refractivity contribution >= 4 is 18.0 Å². The lowest BCUT2D eigenvalue weighted by Crippen LogP contribution is -2.47. The fourth-order valence-electron chi connectivity index (χ4n) is 1.23. The normalized spacial score (nSPS) is 13.0. The van der Waals surface area contributed by atoms with Gasteiger partial charge in [-0.1, -0.05) is 0 Å². The number of nitrogens with one attached hydrogen (secondary N) is 3. The largest absolute Gasteiger partial charge is 0.481 e. The standard InChI is InChI=1S/C11H22N4O5/c1-11(20,6-8(16)17)7-14-9(18)12-4-5-13-10(19)15(2)3/h20H,4-7H2,1-3H3,(H,13,19)(H,16,17)(H2,12,14,18). The fourth-order valence-corrected chi connectivity index (χ4v) is 1.23. The van der Waals surface area contributed by atoms with Crippen LogP contribution in [0.1, 0.15) is 13.3 Å². The molecule has 0 fully saturated rings. The lowest BCUT2D eigenvalue weighted by atomic mass is 10.0. The van der Waals surface area contributed by atoms with Crippen molar-refractivity contribution in [2.75, 3.05) is 33.7 Å². The number of aliphatic hydroxyl groups is 1. The number of aliphatic carboxylic acids is 1. The molecule has 0 saturated carbocycles. The van der Waals surface area contributed by atoms with Gasteiger partial charge in [0, 0.05) is 33.7 Å². The van der Waals surface area contributed by atoms with E-state index in [2.05, 4.69) is 16.0 Å². The van der Waals surface area contributed by atoms with Crippen molar-refractivity contribution in [2.45, 2.75) is 18.9 Å². The minimum atomic E-state index is -1.51. The van der Waals surface area contributed by atoms with Gasteiger partial charge in [-0.3, -0.25) is 4.79 Å². The number of urea groups is 2. The van der Waals surface area contributed by atoms with Gasteiger partial charge >= 0.3 is 18.0 Å². The van der Waals surface area contributed by atoms with Crippen LogP contribution < -0.4 is 16.0 Å². The minimum Gasteiger partial charge on any atom is -0.481 e. The van der Waals surface area contributed by atoms with Crippen LogP contribution >= 0.6 is 0 Å². The van der Waals surface area contributed by atoms with Gasteiger partial charge in [0.1, 0.15) is 0 Å². The van der Waals surface area contributed by atoms with Crippen LogP contribution in [0, 0.1) is 0 Å². The van der Waals surface area contributed by atoms with E-state index < -0.39 is 24.0 Å². The predicted octanol–water partition coefficient (Wildman–Crippen LogP) is -1.22. The highest BCUT2D eigenvalue weighted by atomic mass is 16.4. The Kier molecular flexibility index (Phi) is 7.37. The molecule has 0 bridgehead atoms. The van der Waals surface area contributed by atoms with Crippen LogP contribution in [-0.4, -0.2) is 72.5 Å². The summed E-state index contributed by atoms with van der Waals surface area (Å²) in [4.78, 5) is 34.3. The predicted molar refractivity (Wildman–Crippen MR) is 71.4 cm³/mol. The van der Waals surface area contributed by atoms with E-state index in [1.165, 1.54) is 11.8 Å². The molecule has 9 nitrogen and oxygen atoms in total. The number of carboxylic acids is 1. The van der Waals surface area contributed by atoms with Gasteiger partial charge in [-0.15, -0.1) is 0 Å². The van der Waals surface area contributed by atoms with Gasteiger partial charge in [0.05, 0.1) is 12.0 Å². The SMILES string of the molecule is CN(C)C(=O)NCCNC(=O)NCC(C)(O)CC(=O)O. The molecule has 5 N–H and O–H groups in total. The maximum absolute atomic E-state index is 11.4. The molecule has 0 aliphatic rings. The van der Waals surface area contributed by atoms with Gasteiger partial charge in [0.25, 0.3) is 0 Å². The molecule has 0 aliphatic carbocycles. The van der Waals surface area contributed by atoms with E-state index in [0.717, 1.165) is 0 Å². The summed E-state index contributed by atoms with van der Waals surface area (Å²) in [6.07, 6.45) is -0.466. The smallest absolute Gasteiger partial charge is 0.316 e. The monoisotopic (exact) mass is 290 g/mol. The van der Waals surface area contributed by atoms with Crippen molar-refractivity contribution in [2.24, 2.45) is 0 Å². The Hall–Kier alpha value is -2.03. The Labute approximate surface area is 117 Å². The second kappa shape index (κ2) is 8.20. The number of carbonyl (C=O) groups excluding carboxylic acids is 2. The molecule has 0 rings (SSSR count). The molecule has 116 valence electrons. The van der Waals surface area contributed by atoms with E-state index >= 15 is 0 Å². The molecule has 0 aliphatic heterocycles. The van der Waals surface area contributed by atoms with Crippen molar-refractivity contribution in [3.05, 3.63) is 0 Å². The summed E-state index contributed by atoms with van der Waals surface area (Å²) in [7, 11) is 3.19. The molecular weight excluding hydrogens is 268 g/mol. The van der Waals surface area contributed by atoms with Crippen molar-refractivity contribution in [3.8, 4) is 0 Å². The second-order valence-electron chi connectivity index (χ2n) is 4.80.